The number of rotatable bonds is 5. The van der Waals surface area contributed by atoms with Crippen LogP contribution in [0.5, 0.6) is 0 Å². The molecule has 0 spiro atoms. The topological polar surface area (TPSA) is 59.3 Å². The number of benzene rings is 2. The van der Waals surface area contributed by atoms with Crippen LogP contribution < -0.4 is 4.72 Å². The summed E-state index contributed by atoms with van der Waals surface area (Å²) in [6, 6.07) is 15.1. The minimum absolute atomic E-state index is 0.301. The molecule has 0 fully saturated rings. The van der Waals surface area contributed by atoms with E-state index in [0.29, 0.717) is 17.9 Å². The third kappa shape index (κ3) is 3.46. The molecule has 4 nitrogen and oxygen atoms in total. The Morgan fingerprint density at radius 2 is 1.83 bits per heavy atom. The summed E-state index contributed by atoms with van der Waals surface area (Å²) in [6.07, 6.45) is 0.513. The van der Waals surface area contributed by atoms with Gasteiger partial charge in [0.05, 0.1) is 4.90 Å². The molecule has 0 aliphatic carbocycles. The molecule has 1 aromatic heterocycles. The molecule has 0 radical (unpaired) electrons. The Bertz CT molecular complexity index is 909. The number of sulfonamides is 1. The molecule has 0 unspecified atom stereocenters. The maximum absolute atomic E-state index is 12.4. The summed E-state index contributed by atoms with van der Waals surface area (Å²) in [6.45, 7) is 3.98. The van der Waals surface area contributed by atoms with Crippen LogP contribution >= 0.6 is 0 Å². The van der Waals surface area contributed by atoms with Gasteiger partial charge in [-0.25, -0.2) is 13.1 Å². The van der Waals surface area contributed by atoms with Gasteiger partial charge < -0.3 is 4.42 Å². The first-order valence-corrected chi connectivity index (χ1v) is 8.98. The van der Waals surface area contributed by atoms with Crippen molar-refractivity contribution in [2.45, 2.75) is 25.2 Å². The fourth-order valence-electron chi connectivity index (χ4n) is 2.54. The average Bonchev–Trinajstić information content (AvgIpc) is 2.92. The van der Waals surface area contributed by atoms with E-state index in [1.165, 1.54) is 0 Å². The van der Waals surface area contributed by atoms with Gasteiger partial charge in [-0.3, -0.25) is 0 Å². The highest BCUT2D eigenvalue weighted by Gasteiger charge is 2.16. The van der Waals surface area contributed by atoms with E-state index < -0.39 is 10.0 Å². The second-order valence-corrected chi connectivity index (χ2v) is 7.40. The van der Waals surface area contributed by atoms with Gasteiger partial charge in [-0.15, -0.1) is 0 Å². The van der Waals surface area contributed by atoms with Crippen LogP contribution in [0.25, 0.3) is 11.0 Å². The van der Waals surface area contributed by atoms with Gasteiger partial charge in [-0.05, 0) is 43.2 Å². The Balaban J connectivity index is 1.71. The molecule has 3 aromatic rings. The summed E-state index contributed by atoms with van der Waals surface area (Å²) < 4.78 is 33.2. The summed E-state index contributed by atoms with van der Waals surface area (Å²) in [7, 11) is -3.51. The van der Waals surface area contributed by atoms with Crippen LogP contribution in [0.3, 0.4) is 0 Å². The van der Waals surface area contributed by atoms with E-state index in [1.807, 2.05) is 49.4 Å². The van der Waals surface area contributed by atoms with Gasteiger partial charge >= 0.3 is 0 Å². The molecule has 0 aliphatic heterocycles. The second kappa shape index (κ2) is 6.18. The van der Waals surface area contributed by atoms with Crippen molar-refractivity contribution in [1.82, 2.24) is 4.72 Å². The first kappa shape index (κ1) is 15.8. The van der Waals surface area contributed by atoms with Gasteiger partial charge in [0, 0.05) is 18.4 Å². The summed E-state index contributed by atoms with van der Waals surface area (Å²) in [5.74, 6) is 0.773. The smallest absolute Gasteiger partial charge is 0.240 e. The Kier molecular flexibility index (Phi) is 4.24. The number of nitrogens with one attached hydrogen (secondary N) is 1. The van der Waals surface area contributed by atoms with Crippen LogP contribution in [0.2, 0.25) is 0 Å². The van der Waals surface area contributed by atoms with Crippen LogP contribution in [0.1, 0.15) is 16.9 Å². The zero-order chi connectivity index (χ0) is 16.4. The lowest BCUT2D eigenvalue weighted by molar-refractivity contribution is 0.540. The third-order valence-corrected chi connectivity index (χ3v) is 5.38. The monoisotopic (exact) mass is 329 g/mol. The predicted molar refractivity (Wildman–Crippen MR) is 91.0 cm³/mol. The molecule has 0 atom stereocenters. The lowest BCUT2D eigenvalue weighted by Crippen LogP contribution is -2.26. The first-order valence-electron chi connectivity index (χ1n) is 7.50. The normalized spacial score (nSPS) is 11.9. The standard InChI is InChI=1S/C18H19NO3S/c1-13-7-8-14(2)18(11-13)23(20,21)19-10-9-16-12-15-5-3-4-6-17(15)22-16/h3-8,11-12,19H,9-10H2,1-2H3. The average molecular weight is 329 g/mol. The molecule has 23 heavy (non-hydrogen) atoms. The minimum atomic E-state index is -3.51. The van der Waals surface area contributed by atoms with Crippen molar-refractivity contribution in [2.75, 3.05) is 6.54 Å². The van der Waals surface area contributed by atoms with Crippen molar-refractivity contribution in [3.05, 3.63) is 65.4 Å². The number of furan rings is 1. The molecule has 0 saturated heterocycles. The molecule has 2 aromatic carbocycles. The van der Waals surface area contributed by atoms with Gasteiger partial charge in [0.1, 0.15) is 11.3 Å². The van der Waals surface area contributed by atoms with Gasteiger partial charge in [0.25, 0.3) is 0 Å². The molecule has 120 valence electrons. The van der Waals surface area contributed by atoms with Crippen molar-refractivity contribution >= 4 is 21.0 Å². The van der Waals surface area contributed by atoms with Crippen LogP contribution in [-0.2, 0) is 16.4 Å². The van der Waals surface area contributed by atoms with E-state index in [-0.39, 0.29) is 0 Å². The highest BCUT2D eigenvalue weighted by Crippen LogP contribution is 2.19. The van der Waals surface area contributed by atoms with Crippen LogP contribution in [-0.4, -0.2) is 15.0 Å². The van der Waals surface area contributed by atoms with Crippen molar-refractivity contribution in [2.24, 2.45) is 0 Å². The molecule has 3 rings (SSSR count). The van der Waals surface area contributed by atoms with Crippen molar-refractivity contribution < 1.29 is 12.8 Å². The largest absolute Gasteiger partial charge is 0.461 e. The van der Waals surface area contributed by atoms with E-state index >= 15 is 0 Å². The number of hydrogen-bond acceptors (Lipinski definition) is 3. The van der Waals surface area contributed by atoms with E-state index in [9.17, 15) is 8.42 Å². The maximum Gasteiger partial charge on any atom is 0.240 e. The molecule has 1 heterocycles. The van der Waals surface area contributed by atoms with Gasteiger partial charge in [0.2, 0.25) is 10.0 Å². The fraction of sp³-hybridized carbons (Fsp3) is 0.222. The number of aryl methyl sites for hydroxylation is 2. The molecular formula is C18H19NO3S. The third-order valence-electron chi connectivity index (χ3n) is 3.77. The van der Waals surface area contributed by atoms with Crippen molar-refractivity contribution in [1.29, 1.82) is 0 Å². The Labute approximate surface area is 136 Å². The SMILES string of the molecule is Cc1ccc(C)c(S(=O)(=O)NCCc2cc3ccccc3o2)c1. The Morgan fingerprint density at radius 1 is 1.04 bits per heavy atom. The fourth-order valence-corrected chi connectivity index (χ4v) is 3.90. The molecule has 0 saturated carbocycles. The highest BCUT2D eigenvalue weighted by atomic mass is 32.2. The predicted octanol–water partition coefficient (Wildman–Crippen LogP) is 3.57. The van der Waals surface area contributed by atoms with Crippen LogP contribution in [0, 0.1) is 13.8 Å². The molecule has 1 N–H and O–H groups in total. The summed E-state index contributed by atoms with van der Waals surface area (Å²) in [5, 5.41) is 1.03. The first-order chi connectivity index (χ1) is 11.0. The maximum atomic E-state index is 12.4. The molecule has 0 aliphatic rings. The van der Waals surface area contributed by atoms with Crippen LogP contribution in [0.15, 0.2) is 57.8 Å². The zero-order valence-electron chi connectivity index (χ0n) is 13.2. The van der Waals surface area contributed by atoms with E-state index in [2.05, 4.69) is 4.72 Å². The van der Waals surface area contributed by atoms with E-state index in [4.69, 9.17) is 4.42 Å². The summed E-state index contributed by atoms with van der Waals surface area (Å²) >= 11 is 0. The van der Waals surface area contributed by atoms with Crippen molar-refractivity contribution in [3.63, 3.8) is 0 Å². The number of fused-ring (bicyclic) bond motifs is 1. The lowest BCUT2D eigenvalue weighted by atomic mass is 10.2. The van der Waals surface area contributed by atoms with Gasteiger partial charge in [-0.1, -0.05) is 30.3 Å². The second-order valence-electron chi connectivity index (χ2n) is 5.67. The lowest BCUT2D eigenvalue weighted by Gasteiger charge is -2.09. The van der Waals surface area contributed by atoms with Crippen molar-refractivity contribution in [3.8, 4) is 0 Å². The summed E-state index contributed by atoms with van der Waals surface area (Å²) in [4.78, 5) is 0.335. The van der Waals surface area contributed by atoms with Crippen LogP contribution in [0.4, 0.5) is 0 Å². The zero-order valence-corrected chi connectivity index (χ0v) is 14.0. The number of para-hydroxylation sites is 1. The molecular weight excluding hydrogens is 310 g/mol. The molecule has 0 amide bonds. The molecule has 0 bridgehead atoms. The quantitative estimate of drug-likeness (QED) is 0.778. The Hall–Kier alpha value is -2.11. The Morgan fingerprint density at radius 3 is 2.61 bits per heavy atom. The highest BCUT2D eigenvalue weighted by molar-refractivity contribution is 7.89. The summed E-state index contributed by atoms with van der Waals surface area (Å²) in [5.41, 5.74) is 2.49. The van der Waals surface area contributed by atoms with E-state index in [1.54, 1.807) is 13.0 Å². The molecule has 5 heteroatoms. The number of hydrogen-bond donors (Lipinski definition) is 1. The van der Waals surface area contributed by atoms with E-state index in [0.717, 1.165) is 27.9 Å². The van der Waals surface area contributed by atoms with Gasteiger partial charge in [0.15, 0.2) is 0 Å². The van der Waals surface area contributed by atoms with Gasteiger partial charge in [-0.2, -0.15) is 0 Å². The minimum Gasteiger partial charge on any atom is -0.461 e.